The average Bonchev–Trinajstić information content (AvgIpc) is 2.70. The maximum Gasteiger partial charge on any atom is 0.330 e. The second-order valence-electron chi connectivity index (χ2n) is 4.04. The molecule has 1 aliphatic heterocycles. The van der Waals surface area contributed by atoms with E-state index in [-0.39, 0.29) is 18.6 Å². The first-order valence-corrected chi connectivity index (χ1v) is 5.49. The summed E-state index contributed by atoms with van der Waals surface area (Å²) in [6.45, 7) is 3.10. The monoisotopic (exact) mass is 254 g/mol. The van der Waals surface area contributed by atoms with Gasteiger partial charge in [-0.15, -0.1) is 0 Å². The van der Waals surface area contributed by atoms with E-state index in [1.807, 2.05) is 0 Å². The molecule has 0 bridgehead atoms. The van der Waals surface area contributed by atoms with Gasteiger partial charge in [-0.25, -0.2) is 9.36 Å². The van der Waals surface area contributed by atoms with Crippen LogP contribution in [0.2, 0.25) is 0 Å². The summed E-state index contributed by atoms with van der Waals surface area (Å²) in [6, 6.07) is 0. The molecule has 0 amide bonds. The molecule has 3 N–H and O–H groups in total. The Morgan fingerprint density at radius 3 is 2.89 bits per heavy atom. The standard InChI is InChI=1S/C11H14N2O5/c1-2-6-4-12-11(17)13(10(6)16)9-3-7(15)8(5-14)18-9/h2,4,7-9,14-15H,1,3,5H2,(H,12,17)/t7-,8+,9+/m0/s1. The molecule has 2 rings (SSSR count). The van der Waals surface area contributed by atoms with Crippen LogP contribution in [-0.2, 0) is 4.74 Å². The summed E-state index contributed by atoms with van der Waals surface area (Å²) in [5.41, 5.74) is -0.925. The predicted octanol–water partition coefficient (Wildman–Crippen LogP) is -1.18. The van der Waals surface area contributed by atoms with Crippen LogP contribution in [0.15, 0.2) is 22.4 Å². The molecule has 7 nitrogen and oxygen atoms in total. The molecular weight excluding hydrogens is 240 g/mol. The number of rotatable bonds is 3. The Hall–Kier alpha value is -1.70. The van der Waals surface area contributed by atoms with Gasteiger partial charge in [-0.05, 0) is 0 Å². The van der Waals surface area contributed by atoms with Crippen LogP contribution < -0.4 is 11.2 Å². The van der Waals surface area contributed by atoms with Gasteiger partial charge in [-0.3, -0.25) is 4.79 Å². The molecule has 1 aliphatic rings. The van der Waals surface area contributed by atoms with Gasteiger partial charge in [0.1, 0.15) is 12.3 Å². The second-order valence-corrected chi connectivity index (χ2v) is 4.04. The first kappa shape index (κ1) is 12.7. The zero-order valence-electron chi connectivity index (χ0n) is 9.57. The highest BCUT2D eigenvalue weighted by Crippen LogP contribution is 2.26. The first-order valence-electron chi connectivity index (χ1n) is 5.49. The van der Waals surface area contributed by atoms with Gasteiger partial charge in [0.25, 0.3) is 5.56 Å². The van der Waals surface area contributed by atoms with E-state index in [0.29, 0.717) is 0 Å². The first-order chi connectivity index (χ1) is 8.58. The molecule has 98 valence electrons. The Bertz CT molecular complexity index is 561. The van der Waals surface area contributed by atoms with E-state index in [0.717, 1.165) is 4.57 Å². The Balaban J connectivity index is 2.44. The minimum Gasteiger partial charge on any atom is -0.394 e. The summed E-state index contributed by atoms with van der Waals surface area (Å²) in [4.78, 5) is 26.0. The molecular formula is C11H14N2O5. The van der Waals surface area contributed by atoms with Gasteiger partial charge in [0.2, 0.25) is 0 Å². The summed E-state index contributed by atoms with van der Waals surface area (Å²) >= 11 is 0. The number of nitrogens with zero attached hydrogens (tertiary/aromatic N) is 1. The van der Waals surface area contributed by atoms with Gasteiger partial charge < -0.3 is 19.9 Å². The van der Waals surface area contributed by atoms with E-state index < -0.39 is 29.7 Å². The number of aliphatic hydroxyl groups excluding tert-OH is 2. The van der Waals surface area contributed by atoms with Crippen LogP contribution in [0, 0.1) is 0 Å². The van der Waals surface area contributed by atoms with Crippen molar-refractivity contribution in [3.63, 3.8) is 0 Å². The minimum absolute atomic E-state index is 0.0782. The van der Waals surface area contributed by atoms with Crippen LogP contribution in [0.5, 0.6) is 0 Å². The molecule has 0 aromatic carbocycles. The third-order valence-electron chi connectivity index (χ3n) is 2.93. The van der Waals surface area contributed by atoms with E-state index in [9.17, 15) is 14.7 Å². The Morgan fingerprint density at radius 2 is 2.33 bits per heavy atom. The molecule has 0 aliphatic carbocycles. The number of ether oxygens (including phenoxy) is 1. The maximum absolute atomic E-state index is 12.0. The fourth-order valence-electron chi connectivity index (χ4n) is 1.95. The molecule has 7 heteroatoms. The molecule has 0 unspecified atom stereocenters. The fraction of sp³-hybridized carbons (Fsp3) is 0.455. The number of hydrogen-bond donors (Lipinski definition) is 3. The summed E-state index contributed by atoms with van der Waals surface area (Å²) < 4.78 is 6.16. The van der Waals surface area contributed by atoms with Crippen LogP contribution in [0.1, 0.15) is 18.2 Å². The largest absolute Gasteiger partial charge is 0.394 e. The van der Waals surface area contributed by atoms with E-state index in [2.05, 4.69) is 11.6 Å². The lowest BCUT2D eigenvalue weighted by Crippen LogP contribution is -2.39. The van der Waals surface area contributed by atoms with Gasteiger partial charge >= 0.3 is 5.69 Å². The SMILES string of the molecule is C=Cc1c[nH]c(=O)n([C@H]2C[C@H](O)[C@@H](CO)O2)c1=O. The molecule has 1 fully saturated rings. The third-order valence-corrected chi connectivity index (χ3v) is 2.93. The third kappa shape index (κ3) is 2.03. The summed E-state index contributed by atoms with van der Waals surface area (Å²) in [7, 11) is 0. The van der Waals surface area contributed by atoms with Crippen molar-refractivity contribution < 1.29 is 14.9 Å². The van der Waals surface area contributed by atoms with Gasteiger partial charge in [-0.1, -0.05) is 12.7 Å². The molecule has 18 heavy (non-hydrogen) atoms. The molecule has 0 radical (unpaired) electrons. The van der Waals surface area contributed by atoms with Crippen LogP contribution in [0.3, 0.4) is 0 Å². The molecule has 1 aromatic rings. The summed E-state index contributed by atoms with van der Waals surface area (Å²) in [5, 5.41) is 18.6. The predicted molar refractivity (Wildman–Crippen MR) is 63.0 cm³/mol. The van der Waals surface area contributed by atoms with Crippen molar-refractivity contribution >= 4 is 6.08 Å². The van der Waals surface area contributed by atoms with Crippen LogP contribution in [0.25, 0.3) is 6.08 Å². The van der Waals surface area contributed by atoms with Crippen LogP contribution in [-0.4, -0.2) is 38.6 Å². The van der Waals surface area contributed by atoms with Crippen molar-refractivity contribution in [1.29, 1.82) is 0 Å². The minimum atomic E-state index is -0.904. The zero-order chi connectivity index (χ0) is 13.3. The van der Waals surface area contributed by atoms with E-state index in [4.69, 9.17) is 9.84 Å². The number of aromatic nitrogens is 2. The topological polar surface area (TPSA) is 105 Å². The van der Waals surface area contributed by atoms with Crippen molar-refractivity contribution in [3.05, 3.63) is 39.2 Å². The van der Waals surface area contributed by atoms with Crippen molar-refractivity contribution in [1.82, 2.24) is 9.55 Å². The molecule has 2 heterocycles. The Kier molecular flexibility index (Phi) is 3.46. The van der Waals surface area contributed by atoms with Crippen molar-refractivity contribution in [2.24, 2.45) is 0 Å². The summed E-state index contributed by atoms with van der Waals surface area (Å²) in [5.74, 6) is 0. The van der Waals surface area contributed by atoms with Crippen molar-refractivity contribution in [2.45, 2.75) is 24.9 Å². The van der Waals surface area contributed by atoms with E-state index in [1.54, 1.807) is 0 Å². The lowest BCUT2D eigenvalue weighted by molar-refractivity contribution is -0.0469. The molecule has 0 spiro atoms. The zero-order valence-corrected chi connectivity index (χ0v) is 9.57. The lowest BCUT2D eigenvalue weighted by atomic mass is 10.2. The van der Waals surface area contributed by atoms with E-state index in [1.165, 1.54) is 12.3 Å². The fourth-order valence-corrected chi connectivity index (χ4v) is 1.95. The van der Waals surface area contributed by atoms with Crippen molar-refractivity contribution in [2.75, 3.05) is 6.61 Å². The molecule has 0 saturated carbocycles. The molecule has 1 saturated heterocycles. The Morgan fingerprint density at radius 1 is 1.61 bits per heavy atom. The lowest BCUT2D eigenvalue weighted by Gasteiger charge is -2.13. The van der Waals surface area contributed by atoms with Gasteiger partial charge in [0, 0.05) is 12.6 Å². The van der Waals surface area contributed by atoms with E-state index >= 15 is 0 Å². The highest BCUT2D eigenvalue weighted by Gasteiger charge is 2.35. The average molecular weight is 254 g/mol. The highest BCUT2D eigenvalue weighted by atomic mass is 16.5. The van der Waals surface area contributed by atoms with Crippen LogP contribution >= 0.6 is 0 Å². The number of aliphatic hydroxyl groups is 2. The summed E-state index contributed by atoms with van der Waals surface area (Å²) in [6.07, 6.45) is 0.0994. The van der Waals surface area contributed by atoms with Gasteiger partial charge in [-0.2, -0.15) is 0 Å². The quantitative estimate of drug-likeness (QED) is 0.630. The Labute approximate surface area is 102 Å². The maximum atomic E-state index is 12.0. The number of nitrogens with one attached hydrogen (secondary N) is 1. The molecule has 1 aromatic heterocycles. The molecule has 3 atom stereocenters. The van der Waals surface area contributed by atoms with Gasteiger partial charge in [0.15, 0.2) is 0 Å². The highest BCUT2D eigenvalue weighted by molar-refractivity contribution is 5.43. The number of H-pyrrole nitrogens is 1. The normalized spacial score (nSPS) is 27.3. The van der Waals surface area contributed by atoms with Gasteiger partial charge in [0.05, 0.1) is 18.3 Å². The second kappa shape index (κ2) is 4.89. The smallest absolute Gasteiger partial charge is 0.330 e. The number of aromatic amines is 1. The van der Waals surface area contributed by atoms with Crippen molar-refractivity contribution in [3.8, 4) is 0 Å². The van der Waals surface area contributed by atoms with Crippen LogP contribution in [0.4, 0.5) is 0 Å². The number of hydrogen-bond acceptors (Lipinski definition) is 5.